The van der Waals surface area contributed by atoms with Crippen molar-refractivity contribution in [2.75, 3.05) is 13.1 Å². The minimum Gasteiger partial charge on any atom is -0.351 e. The van der Waals surface area contributed by atoms with Crippen LogP contribution in [0, 0.1) is 5.92 Å². The fourth-order valence-corrected chi connectivity index (χ4v) is 5.34. The first kappa shape index (κ1) is 21.5. The van der Waals surface area contributed by atoms with E-state index in [0.717, 1.165) is 25.7 Å². The van der Waals surface area contributed by atoms with Crippen LogP contribution in [0.2, 0.25) is 0 Å². The first-order valence-corrected chi connectivity index (χ1v) is 11.7. The van der Waals surface area contributed by atoms with Gasteiger partial charge in [0.25, 0.3) is 5.91 Å². The van der Waals surface area contributed by atoms with Crippen LogP contribution in [0.25, 0.3) is 5.69 Å². The predicted octanol–water partition coefficient (Wildman–Crippen LogP) is 3.34. The van der Waals surface area contributed by atoms with Crippen molar-refractivity contribution in [3.8, 4) is 5.69 Å². The number of unbranched alkanes of at least 4 members (excludes halogenated alkanes) is 3. The van der Waals surface area contributed by atoms with Crippen molar-refractivity contribution in [1.82, 2.24) is 19.2 Å². The first-order chi connectivity index (χ1) is 13.9. The lowest BCUT2D eigenvalue weighted by Gasteiger charge is -2.22. The number of hydrogen-bond acceptors (Lipinski definition) is 4. The molecule has 0 bridgehead atoms. The molecule has 2 aromatic rings. The summed E-state index contributed by atoms with van der Waals surface area (Å²) in [6.07, 6.45) is 5.84. The van der Waals surface area contributed by atoms with Gasteiger partial charge in [0.1, 0.15) is 11.2 Å². The minimum absolute atomic E-state index is 0.119. The van der Waals surface area contributed by atoms with Crippen LogP contribution in [-0.4, -0.2) is 41.3 Å². The van der Waals surface area contributed by atoms with E-state index in [1.54, 1.807) is 35.2 Å². The highest BCUT2D eigenvalue weighted by Crippen LogP contribution is 2.31. The Bertz CT molecular complexity index is 966. The Morgan fingerprint density at radius 1 is 1.21 bits per heavy atom. The highest BCUT2D eigenvalue weighted by molar-refractivity contribution is 7.89. The Morgan fingerprint density at radius 2 is 1.97 bits per heavy atom. The molecule has 0 saturated carbocycles. The molecule has 1 aliphatic heterocycles. The van der Waals surface area contributed by atoms with Gasteiger partial charge < -0.3 is 5.32 Å². The zero-order chi connectivity index (χ0) is 21.0. The maximum atomic E-state index is 13.3. The summed E-state index contributed by atoms with van der Waals surface area (Å²) in [7, 11) is -3.67. The van der Waals surface area contributed by atoms with Crippen LogP contribution in [0.3, 0.4) is 0 Å². The van der Waals surface area contributed by atoms with Crippen molar-refractivity contribution in [3.05, 3.63) is 42.0 Å². The van der Waals surface area contributed by atoms with Gasteiger partial charge in [-0.05, 0) is 24.5 Å². The van der Waals surface area contributed by atoms with Crippen LogP contribution in [0.4, 0.5) is 0 Å². The summed E-state index contributed by atoms with van der Waals surface area (Å²) in [6.45, 7) is 7.19. The number of nitrogens with zero attached hydrogens (tertiary/aromatic N) is 3. The number of sulfonamides is 1. The van der Waals surface area contributed by atoms with Gasteiger partial charge in [0, 0.05) is 13.1 Å². The number of fused-ring (bicyclic) bond motifs is 3. The largest absolute Gasteiger partial charge is 0.351 e. The summed E-state index contributed by atoms with van der Waals surface area (Å²) < 4.78 is 29.7. The summed E-state index contributed by atoms with van der Waals surface area (Å²) in [5.74, 6) is -0.0984. The van der Waals surface area contributed by atoms with Crippen LogP contribution < -0.4 is 5.32 Å². The third-order valence-corrected chi connectivity index (χ3v) is 6.89. The molecule has 0 saturated heterocycles. The smallest absolute Gasteiger partial charge is 0.271 e. The molecule has 0 aliphatic carbocycles. The normalized spacial score (nSPS) is 15.6. The van der Waals surface area contributed by atoms with Gasteiger partial charge in [-0.1, -0.05) is 52.2 Å². The molecule has 0 fully saturated rings. The predicted molar refractivity (Wildman–Crippen MR) is 112 cm³/mol. The van der Waals surface area contributed by atoms with Gasteiger partial charge in [-0.15, -0.1) is 0 Å². The van der Waals surface area contributed by atoms with Crippen molar-refractivity contribution in [2.24, 2.45) is 5.92 Å². The number of aromatic nitrogens is 2. The maximum Gasteiger partial charge on any atom is 0.271 e. The van der Waals surface area contributed by atoms with E-state index in [4.69, 9.17) is 0 Å². The fourth-order valence-electron chi connectivity index (χ4n) is 3.59. The van der Waals surface area contributed by atoms with Gasteiger partial charge >= 0.3 is 0 Å². The molecule has 158 valence electrons. The van der Waals surface area contributed by atoms with Crippen LogP contribution in [0.15, 0.2) is 35.5 Å². The Kier molecular flexibility index (Phi) is 6.74. The molecule has 3 rings (SSSR count). The van der Waals surface area contributed by atoms with E-state index in [0.29, 0.717) is 30.2 Å². The average molecular weight is 419 g/mol. The lowest BCUT2D eigenvalue weighted by molar-refractivity contribution is 0.0946. The van der Waals surface area contributed by atoms with Gasteiger partial charge in [-0.2, -0.15) is 4.31 Å². The van der Waals surface area contributed by atoms with E-state index in [9.17, 15) is 13.2 Å². The Morgan fingerprint density at radius 3 is 2.69 bits per heavy atom. The number of rotatable bonds is 8. The van der Waals surface area contributed by atoms with Gasteiger partial charge in [-0.3, -0.25) is 9.36 Å². The molecule has 1 aromatic heterocycles. The monoisotopic (exact) mass is 418 g/mol. The molecule has 1 N–H and O–H groups in total. The second-order valence-electron chi connectivity index (χ2n) is 7.89. The van der Waals surface area contributed by atoms with Crippen LogP contribution in [-0.2, 0) is 16.6 Å². The fraction of sp³-hybridized carbons (Fsp3) is 0.524. The summed E-state index contributed by atoms with van der Waals surface area (Å²) >= 11 is 0. The number of nitrogens with one attached hydrogen (secondary N) is 1. The van der Waals surface area contributed by atoms with Crippen molar-refractivity contribution in [2.45, 2.75) is 57.9 Å². The van der Waals surface area contributed by atoms with Gasteiger partial charge in [0.15, 0.2) is 5.69 Å². The Labute approximate surface area is 173 Å². The highest BCUT2D eigenvalue weighted by atomic mass is 32.2. The zero-order valence-electron chi connectivity index (χ0n) is 17.4. The zero-order valence-corrected chi connectivity index (χ0v) is 18.2. The number of carbonyl (C=O) groups is 1. The first-order valence-electron chi connectivity index (χ1n) is 10.3. The van der Waals surface area contributed by atoms with E-state index in [1.165, 1.54) is 4.31 Å². The third-order valence-electron chi connectivity index (χ3n) is 5.03. The minimum atomic E-state index is -3.67. The number of para-hydroxylation sites is 1. The standard InChI is InChI=1S/C21H30N4O3S/c1-4-5-6-9-12-22-21(26)20-18-14-24(13-16(2)3)29(27,28)19-11-8-7-10-17(19)25(18)15-23-20/h7-8,10-11,15-16H,4-6,9,12-14H2,1-3H3,(H,22,26). The van der Waals surface area contributed by atoms with Crippen molar-refractivity contribution in [3.63, 3.8) is 0 Å². The van der Waals surface area contributed by atoms with E-state index >= 15 is 0 Å². The maximum absolute atomic E-state index is 13.3. The van der Waals surface area contributed by atoms with E-state index in [1.807, 2.05) is 13.8 Å². The Balaban J connectivity index is 1.95. The molecule has 8 heteroatoms. The van der Waals surface area contributed by atoms with Crippen LogP contribution in [0.1, 0.15) is 62.6 Å². The van der Waals surface area contributed by atoms with Crippen LogP contribution in [0.5, 0.6) is 0 Å². The molecule has 0 spiro atoms. The van der Waals surface area contributed by atoms with Crippen molar-refractivity contribution >= 4 is 15.9 Å². The summed E-state index contributed by atoms with van der Waals surface area (Å²) in [6, 6.07) is 6.88. The molecule has 0 radical (unpaired) electrons. The SMILES string of the molecule is CCCCCCNC(=O)c1ncn2c1CN(CC(C)C)S(=O)(=O)c1ccccc1-2. The third kappa shape index (κ3) is 4.53. The molecule has 7 nitrogen and oxygen atoms in total. The molecule has 29 heavy (non-hydrogen) atoms. The van der Waals surface area contributed by atoms with Gasteiger partial charge in [-0.25, -0.2) is 13.4 Å². The summed E-state index contributed by atoms with van der Waals surface area (Å²) in [5, 5.41) is 2.93. The molecule has 1 aromatic carbocycles. The molecule has 2 heterocycles. The molecule has 1 aliphatic rings. The number of amides is 1. The van der Waals surface area contributed by atoms with E-state index < -0.39 is 10.0 Å². The molecule has 0 atom stereocenters. The van der Waals surface area contributed by atoms with Crippen molar-refractivity contribution in [1.29, 1.82) is 0 Å². The highest BCUT2D eigenvalue weighted by Gasteiger charge is 2.34. The molecular formula is C21H30N4O3S. The number of imidazole rings is 1. The molecule has 1 amide bonds. The quantitative estimate of drug-likeness (QED) is 0.667. The summed E-state index contributed by atoms with van der Waals surface area (Å²) in [5.41, 5.74) is 1.43. The van der Waals surface area contributed by atoms with Gasteiger partial charge in [0.2, 0.25) is 10.0 Å². The van der Waals surface area contributed by atoms with Crippen molar-refractivity contribution < 1.29 is 13.2 Å². The van der Waals surface area contributed by atoms with Crippen LogP contribution >= 0.6 is 0 Å². The van der Waals surface area contributed by atoms with E-state index in [-0.39, 0.29) is 23.3 Å². The topological polar surface area (TPSA) is 84.3 Å². The summed E-state index contributed by atoms with van der Waals surface area (Å²) in [4.78, 5) is 17.4. The molecular weight excluding hydrogens is 388 g/mol. The second-order valence-corrected chi connectivity index (χ2v) is 9.79. The lowest BCUT2D eigenvalue weighted by atomic mass is 10.2. The van der Waals surface area contributed by atoms with Gasteiger partial charge in [0.05, 0.1) is 17.9 Å². The number of hydrogen-bond donors (Lipinski definition) is 1. The molecule has 0 unspecified atom stereocenters. The average Bonchev–Trinajstić information content (AvgIpc) is 3.07. The number of carbonyl (C=O) groups excluding carboxylic acids is 1. The van der Waals surface area contributed by atoms with E-state index in [2.05, 4.69) is 17.2 Å². The Hall–Kier alpha value is -2.19. The number of benzene rings is 1. The second kappa shape index (κ2) is 9.09. The lowest BCUT2D eigenvalue weighted by Crippen LogP contribution is -2.34.